The van der Waals surface area contributed by atoms with E-state index in [0.29, 0.717) is 26.0 Å². The monoisotopic (exact) mass is 1580 g/mol. The predicted octanol–water partition coefficient (Wildman–Crippen LogP) is 16.8. The fraction of sp³-hybridized carbons (Fsp3) is 0.581. The second kappa shape index (κ2) is 43.7. The minimum atomic E-state index is -4.56. The molecule has 33 nitrogen and oxygen atoms in total. The number of benzene rings is 5. The van der Waals surface area contributed by atoms with Crippen LogP contribution in [0.4, 0.5) is 4.79 Å². The molecule has 4 fully saturated rings. The number of alkyl carbamates (subject to hydrolysis) is 1. The van der Waals surface area contributed by atoms with Crippen LogP contribution in [0.5, 0.6) is 0 Å². The van der Waals surface area contributed by atoms with E-state index in [1.54, 1.807) is 20.8 Å². The van der Waals surface area contributed by atoms with Crippen LogP contribution in [-0.2, 0) is 121 Å². The first-order valence-corrected chi connectivity index (χ1v) is 42.7. The number of azide groups is 4. The maximum Gasteiger partial charge on any atom is 0.407 e. The van der Waals surface area contributed by atoms with Crippen molar-refractivity contribution in [3.05, 3.63) is 221 Å². The molecule has 9 rings (SSSR count). The summed E-state index contributed by atoms with van der Waals surface area (Å²) in [4.78, 5) is 24.7. The number of ether oxygens (including phenoxy) is 10. The summed E-state index contributed by atoms with van der Waals surface area (Å²) < 4.78 is 147. The van der Waals surface area contributed by atoms with Crippen LogP contribution in [0.3, 0.4) is 0 Å². The molecule has 0 spiro atoms. The Labute approximate surface area is 640 Å². The molecule has 596 valence electrons. The number of unbranched alkanes of at least 4 members (excludes halogenated alkanes) is 3. The van der Waals surface area contributed by atoms with Crippen molar-refractivity contribution in [1.29, 1.82) is 0 Å². The lowest BCUT2D eigenvalue weighted by molar-refractivity contribution is -0.256. The number of nitrogens with zero attached hydrogens (tertiary/aromatic N) is 12. The van der Waals surface area contributed by atoms with Gasteiger partial charge in [-0.05, 0) is 92.4 Å². The molecule has 110 heavy (non-hydrogen) atoms. The van der Waals surface area contributed by atoms with Gasteiger partial charge in [-0.2, -0.15) is 0 Å². The van der Waals surface area contributed by atoms with Gasteiger partial charge in [0.15, 0.2) is 25.2 Å². The van der Waals surface area contributed by atoms with E-state index in [-0.39, 0.29) is 71.3 Å². The highest BCUT2D eigenvalue weighted by molar-refractivity contribution is 7.53. The molecule has 1 N–H and O–H groups in total. The summed E-state index contributed by atoms with van der Waals surface area (Å²) in [5.41, 5.74) is 44.4. The van der Waals surface area contributed by atoms with Gasteiger partial charge in [0.05, 0.1) is 101 Å². The molecule has 4 heterocycles. The highest BCUT2D eigenvalue weighted by Crippen LogP contribution is 2.57. The number of hydrogen-bond acceptors (Lipinski definition) is 24. The quantitative estimate of drug-likeness (QED) is 0.0125. The number of rotatable bonds is 42. The lowest BCUT2D eigenvalue weighted by Gasteiger charge is -2.47. The van der Waals surface area contributed by atoms with E-state index in [4.69, 9.17) is 74.5 Å². The van der Waals surface area contributed by atoms with Gasteiger partial charge in [-0.15, -0.1) is 0 Å². The van der Waals surface area contributed by atoms with Gasteiger partial charge in [-0.25, -0.2) is 4.79 Å². The first kappa shape index (κ1) is 86.7. The van der Waals surface area contributed by atoms with Crippen LogP contribution in [0.1, 0.15) is 88.1 Å². The van der Waals surface area contributed by atoms with E-state index in [9.17, 15) is 26.9 Å². The smallest absolute Gasteiger partial charge is 0.407 e. The van der Waals surface area contributed by atoms with Gasteiger partial charge in [0.25, 0.3) is 0 Å². The van der Waals surface area contributed by atoms with Gasteiger partial charge in [-0.1, -0.05) is 220 Å². The zero-order chi connectivity index (χ0) is 78.5. The minimum Gasteiger partial charge on any atom is -0.445 e. The summed E-state index contributed by atoms with van der Waals surface area (Å²) >= 11 is 0. The average Bonchev–Trinajstić information content (AvgIpc) is 0.775. The summed E-state index contributed by atoms with van der Waals surface area (Å²) in [6.45, 7) is 13.2. The molecule has 23 atom stereocenters. The molecule has 0 aromatic heterocycles. The molecular formula is C74H100N13O20P3. The van der Waals surface area contributed by atoms with Gasteiger partial charge in [0.1, 0.15) is 24.9 Å². The highest BCUT2D eigenvalue weighted by Gasteiger charge is 2.54. The van der Waals surface area contributed by atoms with Gasteiger partial charge in [0, 0.05) is 52.8 Å². The Kier molecular flexibility index (Phi) is 34.4. The zero-order valence-corrected chi connectivity index (χ0v) is 65.6. The number of nitrogens with one attached hydrogen (secondary N) is 1. The van der Waals surface area contributed by atoms with Crippen molar-refractivity contribution >= 4 is 28.9 Å². The topological polar surface area (TPSA) is 423 Å². The first-order valence-electron chi connectivity index (χ1n) is 36.7. The highest BCUT2D eigenvalue weighted by atomic mass is 31.2. The first-order chi connectivity index (χ1) is 53.1. The second-order valence-corrected chi connectivity index (χ2v) is 33.8. The molecule has 0 bridgehead atoms. The van der Waals surface area contributed by atoms with Crippen molar-refractivity contribution in [1.82, 2.24) is 5.32 Å². The molecular weight excluding hydrogens is 1480 g/mol. The summed E-state index contributed by atoms with van der Waals surface area (Å²) in [7, 11) is -13.3. The van der Waals surface area contributed by atoms with Crippen molar-refractivity contribution in [2.75, 3.05) is 59.6 Å². The molecule has 5 aromatic carbocycles. The third kappa shape index (κ3) is 26.4. The Morgan fingerprint density at radius 1 is 0.382 bits per heavy atom. The van der Waals surface area contributed by atoms with Gasteiger partial charge in [0.2, 0.25) is 0 Å². The molecule has 5 aromatic rings. The Bertz CT molecular complexity index is 4000. The normalized spacial score (nSPS) is 29.7. The van der Waals surface area contributed by atoms with Crippen molar-refractivity contribution in [2.24, 2.45) is 50.0 Å². The summed E-state index contributed by atoms with van der Waals surface area (Å²) in [5, 5.41) is 19.0. The van der Waals surface area contributed by atoms with Crippen molar-refractivity contribution in [3.8, 4) is 0 Å². The maximum absolute atomic E-state index is 15.4. The SMILES string of the molecule is C[C@@H]1C(COCc2ccccc2)O[C@H](OP(C)(=O)O[C@@H]2C(COCc3ccccc3)O[C@H](OP(C)(=O)O[C@@H]3C(COCc4ccccc4)O[C@H](OP(C)(=O)O[C@@H]4C(COCc5ccccc5)O[C@H](OCCCCCCNC(=O)OCc5ccccc5)C(N=[N+]=[N-])[C@H]4C)C(N=[N+]=[N-])[C@H]3C)C(N=[N+]=[N-])[C@H]2C)C(N=[N+]=[N-])[C@H]1C. The summed E-state index contributed by atoms with van der Waals surface area (Å²) in [6, 6.07) is 42.0. The molecule has 36 heteroatoms. The Morgan fingerprint density at radius 3 is 1.02 bits per heavy atom. The number of carbonyl (C=O) groups is 1. The fourth-order valence-electron chi connectivity index (χ4n) is 13.5. The van der Waals surface area contributed by atoms with Crippen LogP contribution in [0.2, 0.25) is 0 Å². The van der Waals surface area contributed by atoms with E-state index in [2.05, 4.69) is 45.4 Å². The van der Waals surface area contributed by atoms with Gasteiger partial charge >= 0.3 is 28.9 Å². The number of amides is 1. The number of carbonyl (C=O) groups excluding carboxylic acids is 1. The van der Waals surface area contributed by atoms with E-state index in [1.165, 1.54) is 13.3 Å². The molecule has 4 saturated heterocycles. The van der Waals surface area contributed by atoms with Crippen LogP contribution in [0.15, 0.2) is 172 Å². The largest absolute Gasteiger partial charge is 0.445 e. The number of hydrogen-bond donors (Lipinski definition) is 1. The Balaban J connectivity index is 0.902. The Morgan fingerprint density at radius 2 is 0.673 bits per heavy atom. The third-order valence-corrected chi connectivity index (χ3v) is 23.2. The van der Waals surface area contributed by atoms with E-state index in [0.717, 1.165) is 47.3 Å². The molecule has 0 aliphatic carbocycles. The molecule has 0 radical (unpaired) electrons. The summed E-state index contributed by atoms with van der Waals surface area (Å²) in [6.07, 6.45) is -11.4. The standard InChI is InChI=1S/C74H100N13O20P3/c1-49-50(2)63(80-84-75)71(98-59(49)45-92-40-54-28-16-11-17-29-54)105-108(6,89)103-68-52(4)65(82-86-77)73(100-61(68)47-94-42-56-32-20-13-21-33-56)107-110(8,91)104-69-53(5)66(83-87-78)72(101-62(69)48-95-43-57-34-22-14-23-35-57)106-109(7,90)102-67-51(3)64(81-85-76)70(99-60(67)46-93-41-55-30-18-12-19-31-55)96-39-27-10-9-26-38-79-74(88)97-44-58-36-24-15-25-37-58/h11-25,28-37,49-53,59-73H,9-10,26-27,38-48H2,1-8H3,(H,79,88)/t49-,50-,51+,52+,53+,59?,60?,61?,62?,63?,64?,65?,66?,67-,68-,69-,70-,71+,72+,73+,108?,109?,110?/m0/s1. The van der Waals surface area contributed by atoms with Crippen molar-refractivity contribution in [3.63, 3.8) is 0 Å². The van der Waals surface area contributed by atoms with E-state index in [1.807, 2.05) is 166 Å². The van der Waals surface area contributed by atoms with Gasteiger partial charge < -0.3 is 66.3 Å². The van der Waals surface area contributed by atoms with Crippen molar-refractivity contribution < 1.29 is 93.0 Å². The Hall–Kier alpha value is -7.30. The molecule has 0 saturated carbocycles. The second-order valence-electron chi connectivity index (χ2n) is 27.9. The van der Waals surface area contributed by atoms with Crippen LogP contribution in [0, 0.1) is 29.6 Å². The third-order valence-electron chi connectivity index (χ3n) is 19.6. The van der Waals surface area contributed by atoms with Crippen LogP contribution in [0.25, 0.3) is 41.8 Å². The van der Waals surface area contributed by atoms with E-state index >= 15 is 13.7 Å². The molecule has 11 unspecified atom stereocenters. The molecule has 4 aliphatic heterocycles. The molecule has 1 amide bonds. The lowest BCUT2D eigenvalue weighted by Crippen LogP contribution is -2.56. The van der Waals surface area contributed by atoms with Crippen LogP contribution in [-0.4, -0.2) is 158 Å². The zero-order valence-electron chi connectivity index (χ0n) is 63.0. The predicted molar refractivity (Wildman–Crippen MR) is 404 cm³/mol. The van der Waals surface area contributed by atoms with E-state index < -0.39 is 139 Å². The molecule has 4 aliphatic rings. The lowest BCUT2D eigenvalue weighted by atomic mass is 9.82. The average molecular weight is 1580 g/mol. The maximum atomic E-state index is 15.4. The van der Waals surface area contributed by atoms with Crippen LogP contribution < -0.4 is 5.32 Å². The summed E-state index contributed by atoms with van der Waals surface area (Å²) in [5.74, 6) is -3.32. The fourth-order valence-corrected chi connectivity index (χ4v) is 17.6. The van der Waals surface area contributed by atoms with Gasteiger partial charge in [-0.3, -0.25) is 27.3 Å². The van der Waals surface area contributed by atoms with Crippen LogP contribution >= 0.6 is 22.8 Å². The minimum absolute atomic E-state index is 0.0554. The van der Waals surface area contributed by atoms with Crippen molar-refractivity contribution in [2.45, 2.75) is 185 Å².